The molecule has 1 atom stereocenters. The van der Waals surface area contributed by atoms with Crippen LogP contribution >= 0.6 is 22.9 Å². The lowest BCUT2D eigenvalue weighted by atomic mass is 10.1. The Morgan fingerprint density at radius 1 is 1.50 bits per heavy atom. The lowest BCUT2D eigenvalue weighted by molar-refractivity contribution is 0.612. The number of hydrogen-bond donors (Lipinski definition) is 0. The lowest BCUT2D eigenvalue weighted by Crippen LogP contribution is -1.90. The Morgan fingerprint density at radius 2 is 2.21 bits per heavy atom. The molecule has 0 spiro atoms. The molecule has 0 N–H and O–H groups in total. The van der Waals surface area contributed by atoms with E-state index < -0.39 is 0 Å². The molecule has 1 aromatic carbocycles. The van der Waals surface area contributed by atoms with Crippen LogP contribution in [0.5, 0.6) is 0 Å². The molecule has 0 amide bonds. The molecule has 0 aliphatic rings. The number of aromatic nitrogens is 1. The number of benzene rings is 1. The molecular weight excluding hydrogens is 221 g/mol. The van der Waals surface area contributed by atoms with E-state index in [1.807, 2.05) is 6.92 Å². The van der Waals surface area contributed by atoms with Crippen LogP contribution in [0, 0.1) is 12.7 Å². The molecule has 1 heterocycles. The number of alkyl halides is 1. The van der Waals surface area contributed by atoms with E-state index >= 15 is 0 Å². The van der Waals surface area contributed by atoms with Gasteiger partial charge in [0.05, 0.1) is 20.6 Å². The van der Waals surface area contributed by atoms with Crippen LogP contribution in [0.25, 0.3) is 10.2 Å². The van der Waals surface area contributed by atoms with Gasteiger partial charge in [-0.1, -0.05) is 0 Å². The van der Waals surface area contributed by atoms with Crippen molar-refractivity contribution >= 4 is 33.2 Å². The minimum absolute atomic E-state index is 0.247. The smallest absolute Gasteiger partial charge is 0.129 e. The summed E-state index contributed by atoms with van der Waals surface area (Å²) in [7, 11) is 0. The zero-order chi connectivity index (χ0) is 10.3. The predicted octanol–water partition coefficient (Wildman–Crippen LogP) is 4.04. The Bertz CT molecular complexity index is 478. The van der Waals surface area contributed by atoms with Crippen LogP contribution in [0.4, 0.5) is 4.39 Å². The summed E-state index contributed by atoms with van der Waals surface area (Å²) >= 11 is 7.34. The second kappa shape index (κ2) is 3.48. The average Bonchev–Trinajstić information content (AvgIpc) is 2.42. The molecule has 1 nitrogen and oxygen atoms in total. The molecule has 1 unspecified atom stereocenters. The number of halogens is 2. The molecule has 0 saturated heterocycles. The van der Waals surface area contributed by atoms with Crippen molar-refractivity contribution in [2.75, 3.05) is 0 Å². The van der Waals surface area contributed by atoms with Crippen LogP contribution < -0.4 is 0 Å². The molecular formula is C10H9ClFNS. The van der Waals surface area contributed by atoms with Gasteiger partial charge < -0.3 is 0 Å². The van der Waals surface area contributed by atoms with Gasteiger partial charge in [0.1, 0.15) is 5.82 Å². The molecule has 0 bridgehead atoms. The maximum absolute atomic E-state index is 13.5. The molecule has 0 aliphatic carbocycles. The molecule has 0 aliphatic heterocycles. The van der Waals surface area contributed by atoms with E-state index in [9.17, 15) is 4.39 Å². The highest BCUT2D eigenvalue weighted by atomic mass is 35.5. The summed E-state index contributed by atoms with van der Waals surface area (Å²) in [5.41, 5.74) is 1.35. The minimum atomic E-state index is -0.318. The van der Waals surface area contributed by atoms with E-state index in [0.29, 0.717) is 5.56 Å². The van der Waals surface area contributed by atoms with Crippen molar-refractivity contribution in [3.63, 3.8) is 0 Å². The highest BCUT2D eigenvalue weighted by Crippen LogP contribution is 2.29. The molecule has 2 aromatic rings. The van der Waals surface area contributed by atoms with Crippen LogP contribution in [-0.4, -0.2) is 4.98 Å². The van der Waals surface area contributed by atoms with Crippen LogP contribution in [0.15, 0.2) is 12.1 Å². The summed E-state index contributed by atoms with van der Waals surface area (Å²) in [6.45, 7) is 3.66. The van der Waals surface area contributed by atoms with E-state index in [-0.39, 0.29) is 11.2 Å². The van der Waals surface area contributed by atoms with Crippen molar-refractivity contribution in [1.82, 2.24) is 4.98 Å². The maximum Gasteiger partial charge on any atom is 0.129 e. The quantitative estimate of drug-likeness (QED) is 0.673. The van der Waals surface area contributed by atoms with E-state index in [1.165, 1.54) is 17.4 Å². The van der Waals surface area contributed by atoms with E-state index in [0.717, 1.165) is 15.2 Å². The van der Waals surface area contributed by atoms with Gasteiger partial charge >= 0.3 is 0 Å². The second-order valence-electron chi connectivity index (χ2n) is 3.19. The number of aryl methyl sites for hydroxylation is 1. The van der Waals surface area contributed by atoms with Crippen molar-refractivity contribution in [3.8, 4) is 0 Å². The van der Waals surface area contributed by atoms with Gasteiger partial charge in [-0.2, -0.15) is 0 Å². The maximum atomic E-state index is 13.5. The van der Waals surface area contributed by atoms with Gasteiger partial charge in [0, 0.05) is 5.56 Å². The van der Waals surface area contributed by atoms with Crippen molar-refractivity contribution in [2.24, 2.45) is 0 Å². The van der Waals surface area contributed by atoms with Crippen LogP contribution in [0.1, 0.15) is 22.9 Å². The minimum Gasteiger partial charge on any atom is -0.241 e. The highest BCUT2D eigenvalue weighted by Gasteiger charge is 2.11. The number of hydrogen-bond acceptors (Lipinski definition) is 2. The van der Waals surface area contributed by atoms with E-state index in [4.69, 9.17) is 11.6 Å². The topological polar surface area (TPSA) is 12.9 Å². The van der Waals surface area contributed by atoms with Crippen LogP contribution in [0.2, 0.25) is 0 Å². The summed E-state index contributed by atoms with van der Waals surface area (Å²) in [4.78, 5) is 4.29. The summed E-state index contributed by atoms with van der Waals surface area (Å²) in [5, 5.41) is 0.625. The largest absolute Gasteiger partial charge is 0.241 e. The number of thiazole rings is 1. The van der Waals surface area contributed by atoms with Crippen molar-refractivity contribution in [1.29, 1.82) is 0 Å². The Hall–Kier alpha value is -0.670. The Balaban J connectivity index is 2.70. The zero-order valence-electron chi connectivity index (χ0n) is 7.84. The normalized spacial score (nSPS) is 13.4. The summed E-state index contributed by atoms with van der Waals surface area (Å²) in [6.07, 6.45) is 0. The third-order valence-corrected chi connectivity index (χ3v) is 3.21. The van der Waals surface area contributed by atoms with Crippen LogP contribution in [-0.2, 0) is 0 Å². The summed E-state index contributed by atoms with van der Waals surface area (Å²) in [5.74, 6) is -0.247. The molecule has 0 radical (unpaired) electrons. The number of fused-ring (bicyclic) bond motifs is 1. The molecule has 4 heteroatoms. The van der Waals surface area contributed by atoms with Gasteiger partial charge in [0.15, 0.2) is 0 Å². The van der Waals surface area contributed by atoms with E-state index in [1.54, 1.807) is 13.0 Å². The number of nitrogens with zero attached hydrogens (tertiary/aromatic N) is 1. The summed E-state index contributed by atoms with van der Waals surface area (Å²) < 4.78 is 14.4. The molecule has 0 saturated carbocycles. The van der Waals surface area contributed by atoms with Gasteiger partial charge in [0.25, 0.3) is 0 Å². The third kappa shape index (κ3) is 1.62. The zero-order valence-corrected chi connectivity index (χ0v) is 9.42. The molecule has 14 heavy (non-hydrogen) atoms. The molecule has 2 rings (SSSR count). The molecule has 1 aromatic heterocycles. The monoisotopic (exact) mass is 229 g/mol. The first-order valence-corrected chi connectivity index (χ1v) is 5.54. The fourth-order valence-electron chi connectivity index (χ4n) is 1.39. The standard InChI is InChI=1S/C10H9ClFNS/c1-5(11)7-3-9-10(4-8(7)12)14-6(2)13-9/h3-5H,1-2H3. The molecule has 74 valence electrons. The Morgan fingerprint density at radius 3 is 2.86 bits per heavy atom. The van der Waals surface area contributed by atoms with Gasteiger partial charge in [-0.3, -0.25) is 0 Å². The van der Waals surface area contributed by atoms with Gasteiger partial charge in [-0.15, -0.1) is 22.9 Å². The van der Waals surface area contributed by atoms with Crippen molar-refractivity contribution in [2.45, 2.75) is 19.2 Å². The number of rotatable bonds is 1. The Kier molecular flexibility index (Phi) is 2.45. The Labute approximate surface area is 90.5 Å². The first kappa shape index (κ1) is 9.87. The fourth-order valence-corrected chi connectivity index (χ4v) is 2.39. The predicted molar refractivity (Wildman–Crippen MR) is 58.6 cm³/mol. The first-order chi connectivity index (χ1) is 6.58. The average molecular weight is 230 g/mol. The van der Waals surface area contributed by atoms with Crippen molar-refractivity contribution < 1.29 is 4.39 Å². The summed E-state index contributed by atoms with van der Waals surface area (Å²) in [6, 6.07) is 3.24. The van der Waals surface area contributed by atoms with Gasteiger partial charge in [-0.05, 0) is 26.0 Å². The van der Waals surface area contributed by atoms with Gasteiger partial charge in [0.2, 0.25) is 0 Å². The van der Waals surface area contributed by atoms with Crippen molar-refractivity contribution in [3.05, 3.63) is 28.5 Å². The van der Waals surface area contributed by atoms with Crippen LogP contribution in [0.3, 0.4) is 0 Å². The fraction of sp³-hybridized carbons (Fsp3) is 0.300. The first-order valence-electron chi connectivity index (χ1n) is 4.28. The molecule has 0 fully saturated rings. The SMILES string of the molecule is Cc1nc2cc(C(C)Cl)c(F)cc2s1. The lowest BCUT2D eigenvalue weighted by Gasteiger charge is -2.04. The highest BCUT2D eigenvalue weighted by molar-refractivity contribution is 7.18. The van der Waals surface area contributed by atoms with Gasteiger partial charge in [-0.25, -0.2) is 9.37 Å². The second-order valence-corrected chi connectivity index (χ2v) is 5.08. The third-order valence-electron chi connectivity index (χ3n) is 2.04. The van der Waals surface area contributed by atoms with E-state index in [2.05, 4.69) is 4.98 Å².